The molecule has 1 saturated heterocycles. The van der Waals surface area contributed by atoms with Crippen LogP contribution >= 0.6 is 0 Å². The largest absolute Gasteiger partial charge is 0.395 e. The first kappa shape index (κ1) is 8.05. The maximum absolute atomic E-state index is 9.35. The summed E-state index contributed by atoms with van der Waals surface area (Å²) in [6.45, 7) is 1.96. The summed E-state index contributed by atoms with van der Waals surface area (Å²) in [5, 5.41) is 9.35. The quantitative estimate of drug-likeness (QED) is 0.491. The molecule has 0 aromatic heterocycles. The zero-order chi connectivity index (χ0) is 7.78. The summed E-state index contributed by atoms with van der Waals surface area (Å²) in [4.78, 5) is 0. The zero-order valence-corrected chi connectivity index (χ0v) is 6.20. The molecule has 0 bridgehead atoms. The lowest BCUT2D eigenvalue weighted by molar-refractivity contribution is -0.0220. The van der Waals surface area contributed by atoms with Crippen molar-refractivity contribution < 1.29 is 14.6 Å². The average molecular weight is 142 g/mol. The number of hydrogen-bond donors (Lipinski definition) is 1. The molecule has 0 saturated carbocycles. The van der Waals surface area contributed by atoms with Crippen LogP contribution in [0.1, 0.15) is 6.92 Å². The molecule has 56 valence electrons. The van der Waals surface area contributed by atoms with Crippen molar-refractivity contribution in [1.29, 1.82) is 0 Å². The standard InChI is InChI=1S/C6H11BO3/c1-4-5(9-2)6(7,8)3-10-4/h4-5,8H,3H2,1-2H3/t4?,5-,6+/m1/s1. The van der Waals surface area contributed by atoms with Crippen molar-refractivity contribution in [2.45, 2.75) is 24.6 Å². The summed E-state index contributed by atoms with van der Waals surface area (Å²) in [6, 6.07) is 0. The summed E-state index contributed by atoms with van der Waals surface area (Å²) < 4.78 is 10.0. The summed E-state index contributed by atoms with van der Waals surface area (Å²) in [5.41, 5.74) is -1.31. The molecule has 2 radical (unpaired) electrons. The number of ether oxygens (including phenoxy) is 2. The van der Waals surface area contributed by atoms with Gasteiger partial charge in [-0.1, -0.05) is 0 Å². The van der Waals surface area contributed by atoms with Crippen LogP contribution in [0.5, 0.6) is 0 Å². The van der Waals surface area contributed by atoms with Crippen LogP contribution in [0.2, 0.25) is 0 Å². The van der Waals surface area contributed by atoms with Gasteiger partial charge in [0.15, 0.2) is 0 Å². The maximum Gasteiger partial charge on any atom is 0.120 e. The fraction of sp³-hybridized carbons (Fsp3) is 1.00. The Morgan fingerprint density at radius 2 is 2.40 bits per heavy atom. The minimum absolute atomic E-state index is 0.125. The maximum atomic E-state index is 9.35. The van der Waals surface area contributed by atoms with E-state index in [2.05, 4.69) is 0 Å². The highest BCUT2D eigenvalue weighted by Crippen LogP contribution is 2.23. The Labute approximate surface area is 61.7 Å². The van der Waals surface area contributed by atoms with Gasteiger partial charge in [-0.15, -0.1) is 0 Å². The van der Waals surface area contributed by atoms with Gasteiger partial charge in [-0.05, 0) is 6.92 Å². The van der Waals surface area contributed by atoms with Crippen LogP contribution in [0.4, 0.5) is 0 Å². The normalized spacial score (nSPS) is 47.9. The molecule has 0 amide bonds. The molecule has 0 aromatic carbocycles. The van der Waals surface area contributed by atoms with Crippen LogP contribution in [0, 0.1) is 0 Å². The van der Waals surface area contributed by atoms with Crippen LogP contribution in [0.25, 0.3) is 0 Å². The third-order valence-electron chi connectivity index (χ3n) is 1.75. The van der Waals surface area contributed by atoms with E-state index < -0.39 is 11.6 Å². The van der Waals surface area contributed by atoms with Gasteiger partial charge >= 0.3 is 0 Å². The Balaban J connectivity index is 2.63. The average Bonchev–Trinajstić information content (AvgIpc) is 2.07. The van der Waals surface area contributed by atoms with Crippen LogP contribution in [0.3, 0.4) is 0 Å². The Kier molecular flexibility index (Phi) is 2.03. The highest BCUT2D eigenvalue weighted by atomic mass is 16.6. The molecule has 0 aliphatic carbocycles. The summed E-state index contributed by atoms with van der Waals surface area (Å²) in [5.74, 6) is 0. The lowest BCUT2D eigenvalue weighted by Crippen LogP contribution is -2.44. The molecule has 1 aliphatic heterocycles. The van der Waals surface area contributed by atoms with Crippen molar-refractivity contribution in [1.82, 2.24) is 0 Å². The van der Waals surface area contributed by atoms with Gasteiger partial charge in [0, 0.05) is 7.11 Å². The van der Waals surface area contributed by atoms with E-state index in [1.807, 2.05) is 6.92 Å². The Bertz CT molecular complexity index is 126. The van der Waals surface area contributed by atoms with Gasteiger partial charge in [0.25, 0.3) is 0 Å². The molecule has 1 aliphatic rings. The molecule has 3 atom stereocenters. The van der Waals surface area contributed by atoms with Gasteiger partial charge in [-0.25, -0.2) is 0 Å². The van der Waals surface area contributed by atoms with Gasteiger partial charge in [0.05, 0.1) is 18.2 Å². The molecule has 0 spiro atoms. The number of rotatable bonds is 1. The van der Waals surface area contributed by atoms with Gasteiger partial charge in [0.2, 0.25) is 0 Å². The van der Waals surface area contributed by atoms with Crippen molar-refractivity contribution in [2.75, 3.05) is 13.7 Å². The van der Waals surface area contributed by atoms with Crippen molar-refractivity contribution in [3.05, 3.63) is 0 Å². The first-order chi connectivity index (χ1) is 4.58. The van der Waals surface area contributed by atoms with Gasteiger partial charge in [-0.3, -0.25) is 0 Å². The first-order valence-corrected chi connectivity index (χ1v) is 3.23. The number of hydrogen-bond acceptors (Lipinski definition) is 3. The van der Waals surface area contributed by atoms with Gasteiger partial charge in [-0.2, -0.15) is 0 Å². The van der Waals surface area contributed by atoms with Crippen LogP contribution in [-0.4, -0.2) is 44.4 Å². The second-order valence-corrected chi connectivity index (χ2v) is 2.66. The summed E-state index contributed by atoms with van der Waals surface area (Å²) in [6.07, 6.45) is -0.535. The lowest BCUT2D eigenvalue weighted by Gasteiger charge is -2.24. The number of aliphatic hydroxyl groups is 1. The first-order valence-electron chi connectivity index (χ1n) is 3.23. The fourth-order valence-corrected chi connectivity index (χ4v) is 1.24. The van der Waals surface area contributed by atoms with Crippen molar-refractivity contribution in [3.63, 3.8) is 0 Å². The second-order valence-electron chi connectivity index (χ2n) is 2.66. The highest BCUT2D eigenvalue weighted by Gasteiger charge is 2.42. The predicted octanol–water partition coefficient (Wildman–Crippen LogP) is -0.723. The third-order valence-corrected chi connectivity index (χ3v) is 1.75. The van der Waals surface area contributed by atoms with E-state index in [1.165, 1.54) is 7.11 Å². The van der Waals surface area contributed by atoms with E-state index in [0.717, 1.165) is 0 Å². The molecule has 1 unspecified atom stereocenters. The minimum Gasteiger partial charge on any atom is -0.395 e. The van der Waals surface area contributed by atoms with Crippen LogP contribution in [0.15, 0.2) is 0 Å². The fourth-order valence-electron chi connectivity index (χ4n) is 1.24. The molecule has 1 heterocycles. The number of methoxy groups -OCH3 is 1. The Morgan fingerprint density at radius 1 is 1.80 bits per heavy atom. The monoisotopic (exact) mass is 142 g/mol. The third kappa shape index (κ3) is 1.19. The van der Waals surface area contributed by atoms with E-state index >= 15 is 0 Å². The smallest absolute Gasteiger partial charge is 0.120 e. The van der Waals surface area contributed by atoms with Crippen molar-refractivity contribution in [3.8, 4) is 0 Å². The topological polar surface area (TPSA) is 38.7 Å². The Morgan fingerprint density at radius 3 is 2.60 bits per heavy atom. The molecule has 0 aromatic rings. The molecule has 4 heteroatoms. The molecule has 10 heavy (non-hydrogen) atoms. The molecule has 3 nitrogen and oxygen atoms in total. The lowest BCUT2D eigenvalue weighted by atomic mass is 9.78. The SMILES string of the molecule is [B][C@]1(O)COC(C)[C@H]1OC. The summed E-state index contributed by atoms with van der Waals surface area (Å²) >= 11 is 0. The molecule has 1 N–H and O–H groups in total. The highest BCUT2D eigenvalue weighted by molar-refractivity contribution is 6.15. The predicted molar refractivity (Wildman–Crippen MR) is 36.9 cm³/mol. The van der Waals surface area contributed by atoms with E-state index in [9.17, 15) is 5.11 Å². The minimum atomic E-state index is -1.31. The van der Waals surface area contributed by atoms with Crippen LogP contribution < -0.4 is 0 Å². The molecule has 1 fully saturated rings. The zero-order valence-electron chi connectivity index (χ0n) is 6.20. The van der Waals surface area contributed by atoms with Gasteiger partial charge in [0.1, 0.15) is 14.0 Å². The van der Waals surface area contributed by atoms with Crippen molar-refractivity contribution >= 4 is 7.85 Å². The summed E-state index contributed by atoms with van der Waals surface area (Å²) in [7, 11) is 6.94. The molecular weight excluding hydrogens is 131 g/mol. The molecular formula is C6H11BO3. The van der Waals surface area contributed by atoms with E-state index in [4.69, 9.17) is 17.3 Å². The molecule has 1 rings (SSSR count). The van der Waals surface area contributed by atoms with E-state index in [-0.39, 0.29) is 12.7 Å². The van der Waals surface area contributed by atoms with Gasteiger partial charge < -0.3 is 14.6 Å². The van der Waals surface area contributed by atoms with Crippen molar-refractivity contribution in [2.24, 2.45) is 0 Å². The van der Waals surface area contributed by atoms with E-state index in [1.54, 1.807) is 0 Å². The Hall–Kier alpha value is -0.0551. The second kappa shape index (κ2) is 2.53. The van der Waals surface area contributed by atoms with E-state index in [0.29, 0.717) is 0 Å². The van der Waals surface area contributed by atoms with Crippen LogP contribution in [-0.2, 0) is 9.47 Å².